The maximum absolute atomic E-state index is 12.5. The Morgan fingerprint density at radius 2 is 2.04 bits per heavy atom. The minimum atomic E-state index is -0.0871. The number of ether oxygens (including phenoxy) is 1. The molecule has 0 spiro atoms. The number of fused-ring (bicyclic) bond motifs is 1. The van der Waals surface area contributed by atoms with Gasteiger partial charge in [0.25, 0.3) is 5.91 Å². The fourth-order valence-corrected chi connectivity index (χ4v) is 3.61. The van der Waals surface area contributed by atoms with Gasteiger partial charge in [-0.2, -0.15) is 0 Å². The zero-order valence-corrected chi connectivity index (χ0v) is 17.1. The highest BCUT2D eigenvalue weighted by atomic mass is 35.5. The molecule has 0 radical (unpaired) electrons. The van der Waals surface area contributed by atoms with Crippen LogP contribution in [0.15, 0.2) is 36.4 Å². The number of rotatable bonds is 5. The zero-order valence-electron chi connectivity index (χ0n) is 16.2. The van der Waals surface area contributed by atoms with Crippen molar-refractivity contribution in [1.82, 2.24) is 5.32 Å². The van der Waals surface area contributed by atoms with Crippen LogP contribution in [0.2, 0.25) is 0 Å². The minimum Gasteiger partial charge on any atom is -0.483 e. The third-order valence-corrected chi connectivity index (χ3v) is 4.97. The van der Waals surface area contributed by atoms with Crippen molar-refractivity contribution in [3.8, 4) is 5.75 Å². The molecule has 3 N–H and O–H groups in total. The summed E-state index contributed by atoms with van der Waals surface area (Å²) in [5.74, 6) is 1.06. The van der Waals surface area contributed by atoms with Gasteiger partial charge in [0, 0.05) is 5.69 Å². The minimum absolute atomic E-state index is 0. The Morgan fingerprint density at radius 3 is 2.78 bits per heavy atom. The van der Waals surface area contributed by atoms with Crippen LogP contribution in [-0.2, 0) is 11.2 Å². The third-order valence-electron chi connectivity index (χ3n) is 4.97. The van der Waals surface area contributed by atoms with Crippen LogP contribution in [-0.4, -0.2) is 12.5 Å². The van der Waals surface area contributed by atoms with Gasteiger partial charge in [0.2, 0.25) is 0 Å². The number of carbonyl (C=O) groups is 1. The van der Waals surface area contributed by atoms with E-state index in [9.17, 15) is 4.79 Å². The van der Waals surface area contributed by atoms with Crippen LogP contribution in [0.4, 0.5) is 5.69 Å². The molecule has 0 heterocycles. The van der Waals surface area contributed by atoms with Crippen LogP contribution >= 0.6 is 12.4 Å². The van der Waals surface area contributed by atoms with Crippen LogP contribution in [0, 0.1) is 6.92 Å². The number of halogens is 1. The fourth-order valence-electron chi connectivity index (χ4n) is 3.61. The summed E-state index contributed by atoms with van der Waals surface area (Å²) >= 11 is 0. The number of carbonyl (C=O) groups excluding carboxylic acids is 1. The second kappa shape index (κ2) is 9.14. The van der Waals surface area contributed by atoms with Gasteiger partial charge in [0.15, 0.2) is 6.61 Å². The van der Waals surface area contributed by atoms with Crippen molar-refractivity contribution >= 4 is 24.0 Å². The van der Waals surface area contributed by atoms with Gasteiger partial charge in [-0.3, -0.25) is 4.79 Å². The highest BCUT2D eigenvalue weighted by molar-refractivity contribution is 5.85. The first-order chi connectivity index (χ1) is 12.4. The molecule has 1 aliphatic rings. The standard InChI is InChI=1S/C22H28N2O2.ClH/c1-14(2)18-9-7-15(3)11-21(18)26-13-22(25)24-20-6-4-5-16-12-17(23)8-10-19(16)20;/h7-12,14,20H,4-6,13,23H2,1-3H3,(H,24,25);1H. The molecule has 2 aromatic carbocycles. The molecule has 3 rings (SSSR count). The number of nitrogens with two attached hydrogens (primary N) is 1. The van der Waals surface area contributed by atoms with E-state index in [1.807, 2.05) is 31.2 Å². The van der Waals surface area contributed by atoms with Crippen LogP contribution in [0.25, 0.3) is 0 Å². The molecule has 5 heteroatoms. The molecule has 2 aromatic rings. The number of hydrogen-bond acceptors (Lipinski definition) is 3. The summed E-state index contributed by atoms with van der Waals surface area (Å²) in [6.07, 6.45) is 3.02. The number of anilines is 1. The van der Waals surface area contributed by atoms with Gasteiger partial charge in [0.05, 0.1) is 6.04 Å². The number of nitrogens with one attached hydrogen (secondary N) is 1. The lowest BCUT2D eigenvalue weighted by Crippen LogP contribution is -2.34. The summed E-state index contributed by atoms with van der Waals surface area (Å²) in [5, 5.41) is 3.12. The lowest BCUT2D eigenvalue weighted by molar-refractivity contribution is -0.124. The molecule has 0 bridgehead atoms. The summed E-state index contributed by atoms with van der Waals surface area (Å²) in [4.78, 5) is 12.5. The van der Waals surface area contributed by atoms with E-state index in [-0.39, 0.29) is 31.0 Å². The quantitative estimate of drug-likeness (QED) is 0.730. The second-order valence-electron chi connectivity index (χ2n) is 7.46. The molecule has 0 saturated carbocycles. The molecule has 1 unspecified atom stereocenters. The Kier molecular flexibility index (Phi) is 7.14. The molecular formula is C22H29ClN2O2. The normalized spacial score (nSPS) is 15.6. The Bertz CT molecular complexity index is 805. The topological polar surface area (TPSA) is 64.3 Å². The van der Waals surface area contributed by atoms with E-state index in [0.29, 0.717) is 5.92 Å². The van der Waals surface area contributed by atoms with Gasteiger partial charge in [-0.15, -0.1) is 12.4 Å². The Hall–Kier alpha value is -2.20. The number of hydrogen-bond donors (Lipinski definition) is 2. The summed E-state index contributed by atoms with van der Waals surface area (Å²) < 4.78 is 5.86. The zero-order chi connectivity index (χ0) is 18.7. The van der Waals surface area contributed by atoms with Crippen molar-refractivity contribution < 1.29 is 9.53 Å². The van der Waals surface area contributed by atoms with Gasteiger partial charge < -0.3 is 15.8 Å². The average molecular weight is 389 g/mol. The summed E-state index contributed by atoms with van der Waals surface area (Å²) in [5.41, 5.74) is 11.3. The van der Waals surface area contributed by atoms with Crippen LogP contribution in [0.1, 0.15) is 60.9 Å². The van der Waals surface area contributed by atoms with Crippen LogP contribution < -0.4 is 15.8 Å². The van der Waals surface area contributed by atoms with Crippen molar-refractivity contribution in [2.24, 2.45) is 0 Å². The fraction of sp³-hybridized carbons (Fsp3) is 0.409. The van der Waals surface area contributed by atoms with Gasteiger partial charge in [-0.25, -0.2) is 0 Å². The van der Waals surface area contributed by atoms with Gasteiger partial charge >= 0.3 is 0 Å². The molecule has 0 fully saturated rings. The van der Waals surface area contributed by atoms with E-state index in [2.05, 4.69) is 31.3 Å². The predicted molar refractivity (Wildman–Crippen MR) is 113 cm³/mol. The maximum Gasteiger partial charge on any atom is 0.258 e. The first kappa shape index (κ1) is 21.1. The van der Waals surface area contributed by atoms with Gasteiger partial charge in [0.1, 0.15) is 5.75 Å². The monoisotopic (exact) mass is 388 g/mol. The van der Waals surface area contributed by atoms with Crippen molar-refractivity contribution in [3.63, 3.8) is 0 Å². The van der Waals surface area contributed by atoms with Crippen LogP contribution in [0.5, 0.6) is 5.75 Å². The molecule has 1 amide bonds. The maximum atomic E-state index is 12.5. The molecule has 0 aliphatic heterocycles. The number of amides is 1. The van der Waals surface area contributed by atoms with E-state index in [1.165, 1.54) is 11.1 Å². The van der Waals surface area contributed by atoms with E-state index >= 15 is 0 Å². The van der Waals surface area contributed by atoms with E-state index in [0.717, 1.165) is 41.8 Å². The van der Waals surface area contributed by atoms with Gasteiger partial charge in [-0.1, -0.05) is 32.0 Å². The Balaban J connectivity index is 0.00000261. The third kappa shape index (κ3) is 5.16. The highest BCUT2D eigenvalue weighted by Gasteiger charge is 2.22. The number of nitrogen functional groups attached to an aromatic ring is 1. The van der Waals surface area contributed by atoms with E-state index in [4.69, 9.17) is 10.5 Å². The first-order valence-corrected chi connectivity index (χ1v) is 9.35. The van der Waals surface area contributed by atoms with Crippen LogP contribution in [0.3, 0.4) is 0 Å². The molecular weight excluding hydrogens is 360 g/mol. The molecule has 1 aliphatic carbocycles. The first-order valence-electron chi connectivity index (χ1n) is 9.35. The Labute approximate surface area is 167 Å². The lowest BCUT2D eigenvalue weighted by atomic mass is 9.87. The molecule has 0 aromatic heterocycles. The largest absolute Gasteiger partial charge is 0.483 e. The van der Waals surface area contributed by atoms with E-state index < -0.39 is 0 Å². The molecule has 146 valence electrons. The average Bonchev–Trinajstić information content (AvgIpc) is 2.59. The molecule has 4 nitrogen and oxygen atoms in total. The SMILES string of the molecule is Cc1ccc(C(C)C)c(OCC(=O)NC2CCCc3cc(N)ccc32)c1.Cl. The highest BCUT2D eigenvalue weighted by Crippen LogP contribution is 2.31. The van der Waals surface area contributed by atoms with Crippen molar-refractivity contribution in [2.45, 2.75) is 52.0 Å². The number of aryl methyl sites for hydroxylation is 2. The lowest BCUT2D eigenvalue weighted by Gasteiger charge is -2.26. The van der Waals surface area contributed by atoms with Crippen molar-refractivity contribution in [1.29, 1.82) is 0 Å². The Morgan fingerprint density at radius 1 is 1.26 bits per heavy atom. The predicted octanol–water partition coefficient (Wildman–Crippen LogP) is 4.70. The summed E-state index contributed by atoms with van der Waals surface area (Å²) in [6.45, 7) is 6.32. The smallest absolute Gasteiger partial charge is 0.258 e. The molecule has 27 heavy (non-hydrogen) atoms. The van der Waals surface area contributed by atoms with E-state index in [1.54, 1.807) is 0 Å². The molecule has 0 saturated heterocycles. The summed E-state index contributed by atoms with van der Waals surface area (Å²) in [7, 11) is 0. The summed E-state index contributed by atoms with van der Waals surface area (Å²) in [6, 6.07) is 12.2. The number of benzene rings is 2. The second-order valence-corrected chi connectivity index (χ2v) is 7.46. The van der Waals surface area contributed by atoms with Crippen molar-refractivity contribution in [2.75, 3.05) is 12.3 Å². The van der Waals surface area contributed by atoms with Gasteiger partial charge in [-0.05, 0) is 72.6 Å². The molecule has 1 atom stereocenters. The van der Waals surface area contributed by atoms with Crippen molar-refractivity contribution in [3.05, 3.63) is 58.7 Å².